The molecule has 1 saturated carbocycles. The molecule has 0 amide bonds. The number of hydrogen-bond donors (Lipinski definition) is 0. The summed E-state index contributed by atoms with van der Waals surface area (Å²) in [7, 11) is 0. The van der Waals surface area contributed by atoms with Crippen molar-refractivity contribution in [1.29, 1.82) is 0 Å². The first kappa shape index (κ1) is 12.4. The van der Waals surface area contributed by atoms with Crippen molar-refractivity contribution >= 4 is 5.97 Å². The van der Waals surface area contributed by atoms with Crippen LogP contribution in [-0.4, -0.2) is 17.5 Å². The van der Waals surface area contributed by atoms with Gasteiger partial charge in [0.1, 0.15) is 11.5 Å². The van der Waals surface area contributed by atoms with E-state index in [1.54, 1.807) is 20.8 Å². The van der Waals surface area contributed by atoms with Crippen molar-refractivity contribution in [3.8, 4) is 0 Å². The Morgan fingerprint density at radius 1 is 1.33 bits per heavy atom. The molecule has 1 rings (SSSR count). The molecule has 1 aliphatic rings. The Balaban J connectivity index is 2.65. The van der Waals surface area contributed by atoms with Gasteiger partial charge < -0.3 is 4.74 Å². The van der Waals surface area contributed by atoms with Gasteiger partial charge in [0, 0.05) is 6.42 Å². The van der Waals surface area contributed by atoms with Gasteiger partial charge in [-0.15, -0.1) is 0 Å². The summed E-state index contributed by atoms with van der Waals surface area (Å²) < 4.78 is 31.8. The van der Waals surface area contributed by atoms with Gasteiger partial charge >= 0.3 is 5.97 Å². The highest BCUT2D eigenvalue weighted by molar-refractivity contribution is 5.74. The Hall–Kier alpha value is -0.670. The zero-order valence-electron chi connectivity index (χ0n) is 9.48. The van der Waals surface area contributed by atoms with Crippen molar-refractivity contribution in [2.24, 2.45) is 5.92 Å². The molecule has 1 atom stereocenters. The van der Waals surface area contributed by atoms with Crippen molar-refractivity contribution in [2.45, 2.75) is 58.0 Å². The second kappa shape index (κ2) is 4.06. The summed E-state index contributed by atoms with van der Waals surface area (Å²) in [6.07, 6.45) is 1.21. The van der Waals surface area contributed by atoms with E-state index >= 15 is 0 Å². The zero-order chi connectivity index (χ0) is 11.7. The number of hydrogen-bond acceptors (Lipinski definition) is 2. The lowest BCUT2D eigenvalue weighted by Crippen LogP contribution is -2.41. The number of alkyl halides is 2. The van der Waals surface area contributed by atoms with Gasteiger partial charge in [0.2, 0.25) is 0 Å². The lowest BCUT2D eigenvalue weighted by Gasteiger charge is -2.31. The molecule has 0 radical (unpaired) electrons. The molecule has 1 aliphatic carbocycles. The summed E-state index contributed by atoms with van der Waals surface area (Å²) in [5.74, 6) is -4.89. The van der Waals surface area contributed by atoms with Crippen molar-refractivity contribution < 1.29 is 18.3 Å². The zero-order valence-corrected chi connectivity index (χ0v) is 9.48. The summed E-state index contributed by atoms with van der Waals surface area (Å²) in [4.78, 5) is 11.5. The van der Waals surface area contributed by atoms with Crippen LogP contribution in [0.1, 0.15) is 46.5 Å². The molecule has 0 aromatic rings. The highest BCUT2D eigenvalue weighted by Crippen LogP contribution is 2.39. The minimum absolute atomic E-state index is 0.198. The number of esters is 1. The van der Waals surface area contributed by atoms with Crippen LogP contribution >= 0.6 is 0 Å². The lowest BCUT2D eigenvalue weighted by atomic mass is 9.85. The standard InChI is InChI=1S/C11H18F2O2/c1-10(2,3)15-9(14)8-6-4-5-7-11(8,12)13/h8H,4-7H2,1-3H3. The molecule has 0 heterocycles. The highest BCUT2D eigenvalue weighted by Gasteiger charge is 2.47. The van der Waals surface area contributed by atoms with E-state index in [9.17, 15) is 13.6 Å². The largest absolute Gasteiger partial charge is 0.460 e. The summed E-state index contributed by atoms with van der Waals surface area (Å²) in [6.45, 7) is 5.06. The molecule has 0 saturated heterocycles. The van der Waals surface area contributed by atoms with Crippen molar-refractivity contribution in [3.63, 3.8) is 0 Å². The highest BCUT2D eigenvalue weighted by atomic mass is 19.3. The fourth-order valence-electron chi connectivity index (χ4n) is 1.76. The Morgan fingerprint density at radius 2 is 1.93 bits per heavy atom. The van der Waals surface area contributed by atoms with Gasteiger partial charge in [-0.25, -0.2) is 8.78 Å². The smallest absolute Gasteiger partial charge is 0.315 e. The van der Waals surface area contributed by atoms with E-state index in [4.69, 9.17) is 4.74 Å². The average Bonchev–Trinajstić information content (AvgIpc) is 1.99. The summed E-state index contributed by atoms with van der Waals surface area (Å²) in [5, 5.41) is 0. The van der Waals surface area contributed by atoms with Crippen LogP contribution in [-0.2, 0) is 9.53 Å². The minimum atomic E-state index is -2.89. The molecule has 2 nitrogen and oxygen atoms in total. The number of ether oxygens (including phenoxy) is 1. The van der Waals surface area contributed by atoms with E-state index in [1.807, 2.05) is 0 Å². The molecule has 15 heavy (non-hydrogen) atoms. The van der Waals surface area contributed by atoms with E-state index in [0.717, 1.165) is 0 Å². The number of carbonyl (C=O) groups is 1. The van der Waals surface area contributed by atoms with Crippen LogP contribution in [0.25, 0.3) is 0 Å². The molecular weight excluding hydrogens is 202 g/mol. The lowest BCUT2D eigenvalue weighted by molar-refractivity contribution is -0.179. The van der Waals surface area contributed by atoms with E-state index < -0.39 is 23.4 Å². The first-order chi connectivity index (χ1) is 6.72. The van der Waals surface area contributed by atoms with Gasteiger partial charge in [0.05, 0.1) is 0 Å². The van der Waals surface area contributed by atoms with Gasteiger partial charge in [0.25, 0.3) is 5.92 Å². The summed E-state index contributed by atoms with van der Waals surface area (Å²) in [5.41, 5.74) is -0.690. The van der Waals surface area contributed by atoms with Gasteiger partial charge in [-0.3, -0.25) is 4.79 Å². The Morgan fingerprint density at radius 3 is 2.40 bits per heavy atom. The Bertz CT molecular complexity index is 243. The quantitative estimate of drug-likeness (QED) is 0.634. The third kappa shape index (κ3) is 3.43. The van der Waals surface area contributed by atoms with Crippen LogP contribution in [0.15, 0.2) is 0 Å². The maximum Gasteiger partial charge on any atom is 0.315 e. The average molecular weight is 220 g/mol. The molecule has 0 bridgehead atoms. The molecule has 0 spiro atoms. The predicted molar refractivity (Wildman–Crippen MR) is 52.8 cm³/mol. The second-order valence-electron chi connectivity index (χ2n) is 5.09. The SMILES string of the molecule is CC(C)(C)OC(=O)C1CCCCC1(F)F. The van der Waals surface area contributed by atoms with Gasteiger partial charge in [-0.05, 0) is 33.6 Å². The summed E-state index contributed by atoms with van der Waals surface area (Å²) in [6, 6.07) is 0. The van der Waals surface area contributed by atoms with Crippen molar-refractivity contribution in [3.05, 3.63) is 0 Å². The van der Waals surface area contributed by atoms with Crippen LogP contribution in [0.3, 0.4) is 0 Å². The molecule has 0 N–H and O–H groups in total. The van der Waals surface area contributed by atoms with E-state index in [0.29, 0.717) is 12.8 Å². The van der Waals surface area contributed by atoms with Crippen LogP contribution in [0.5, 0.6) is 0 Å². The maximum atomic E-state index is 13.4. The molecule has 1 fully saturated rings. The van der Waals surface area contributed by atoms with E-state index in [1.165, 1.54) is 0 Å². The first-order valence-electron chi connectivity index (χ1n) is 5.33. The third-order valence-electron chi connectivity index (χ3n) is 2.45. The monoisotopic (exact) mass is 220 g/mol. The topological polar surface area (TPSA) is 26.3 Å². The van der Waals surface area contributed by atoms with Gasteiger partial charge in [-0.1, -0.05) is 6.42 Å². The second-order valence-corrected chi connectivity index (χ2v) is 5.09. The van der Waals surface area contributed by atoms with Crippen LogP contribution < -0.4 is 0 Å². The van der Waals surface area contributed by atoms with Crippen molar-refractivity contribution in [2.75, 3.05) is 0 Å². The molecule has 88 valence electrons. The Labute approximate surface area is 89.0 Å². The normalized spacial score (nSPS) is 26.1. The number of rotatable bonds is 1. The van der Waals surface area contributed by atoms with E-state index in [2.05, 4.69) is 0 Å². The first-order valence-corrected chi connectivity index (χ1v) is 5.33. The van der Waals surface area contributed by atoms with Gasteiger partial charge in [-0.2, -0.15) is 0 Å². The molecule has 0 aromatic heterocycles. The maximum absolute atomic E-state index is 13.4. The molecule has 1 unspecified atom stereocenters. The predicted octanol–water partition coefficient (Wildman–Crippen LogP) is 3.15. The molecular formula is C11H18F2O2. The van der Waals surface area contributed by atoms with Gasteiger partial charge in [0.15, 0.2) is 0 Å². The number of carbonyl (C=O) groups excluding carboxylic acids is 1. The Kier molecular flexibility index (Phi) is 3.36. The third-order valence-corrected chi connectivity index (χ3v) is 2.45. The van der Waals surface area contributed by atoms with Crippen LogP contribution in [0, 0.1) is 5.92 Å². The molecule has 4 heteroatoms. The van der Waals surface area contributed by atoms with E-state index in [-0.39, 0.29) is 12.8 Å². The molecule has 0 aromatic carbocycles. The molecule has 0 aliphatic heterocycles. The summed E-state index contributed by atoms with van der Waals surface area (Å²) >= 11 is 0. The van der Waals surface area contributed by atoms with Crippen LogP contribution in [0.2, 0.25) is 0 Å². The van der Waals surface area contributed by atoms with Crippen LogP contribution in [0.4, 0.5) is 8.78 Å². The van der Waals surface area contributed by atoms with Crippen molar-refractivity contribution in [1.82, 2.24) is 0 Å². The fraction of sp³-hybridized carbons (Fsp3) is 0.909. The minimum Gasteiger partial charge on any atom is -0.460 e. The fourth-order valence-corrected chi connectivity index (χ4v) is 1.76. The number of halogens is 2.